The zero-order chi connectivity index (χ0) is 13.1. The Balaban J connectivity index is 2.41. The second kappa shape index (κ2) is 5.01. The molecular formula is C12H10ClN3O2. The predicted molar refractivity (Wildman–Crippen MR) is 68.5 cm³/mol. The van der Waals surface area contributed by atoms with Gasteiger partial charge in [0.2, 0.25) is 0 Å². The van der Waals surface area contributed by atoms with Crippen LogP contribution in [0, 0.1) is 6.92 Å². The summed E-state index contributed by atoms with van der Waals surface area (Å²) in [6.45, 7) is 1.91. The normalized spacial score (nSPS) is 10.1. The first-order valence-electron chi connectivity index (χ1n) is 5.17. The molecule has 1 heterocycles. The first-order valence-corrected chi connectivity index (χ1v) is 5.55. The second-order valence-corrected chi connectivity index (χ2v) is 4.06. The van der Waals surface area contributed by atoms with Gasteiger partial charge in [-0.25, -0.2) is 4.79 Å². The van der Waals surface area contributed by atoms with Gasteiger partial charge in [-0.2, -0.15) is 0 Å². The number of rotatable bonds is 3. The van der Waals surface area contributed by atoms with Crippen molar-refractivity contribution in [3.05, 3.63) is 46.6 Å². The largest absolute Gasteiger partial charge is 0.478 e. The zero-order valence-electron chi connectivity index (χ0n) is 9.51. The van der Waals surface area contributed by atoms with Crippen LogP contribution in [0.2, 0.25) is 5.15 Å². The standard InChI is InChI=1S/C12H10ClN3O2/c1-7-4-2-3-5-9(7)14-11-8(12(17)18)6-10(13)15-16-11/h2-6H,1H3,(H,14,16)(H,17,18). The summed E-state index contributed by atoms with van der Waals surface area (Å²) in [6, 6.07) is 8.74. The number of benzene rings is 1. The van der Waals surface area contributed by atoms with Crippen LogP contribution < -0.4 is 5.32 Å². The van der Waals surface area contributed by atoms with Gasteiger partial charge in [0.1, 0.15) is 5.56 Å². The maximum Gasteiger partial charge on any atom is 0.339 e. The maximum atomic E-state index is 11.1. The topological polar surface area (TPSA) is 75.1 Å². The van der Waals surface area contributed by atoms with Crippen LogP contribution in [0.25, 0.3) is 0 Å². The highest BCUT2D eigenvalue weighted by molar-refractivity contribution is 6.29. The van der Waals surface area contributed by atoms with Crippen molar-refractivity contribution in [1.82, 2.24) is 10.2 Å². The van der Waals surface area contributed by atoms with Crippen LogP contribution in [0.4, 0.5) is 11.5 Å². The van der Waals surface area contributed by atoms with Crippen LogP contribution in [0.3, 0.4) is 0 Å². The minimum atomic E-state index is -1.11. The fourth-order valence-corrected chi connectivity index (χ4v) is 1.61. The Bertz CT molecular complexity index is 602. The van der Waals surface area contributed by atoms with E-state index in [1.165, 1.54) is 6.07 Å². The Morgan fingerprint density at radius 1 is 1.33 bits per heavy atom. The summed E-state index contributed by atoms with van der Waals surface area (Å²) in [5.41, 5.74) is 1.74. The molecule has 2 N–H and O–H groups in total. The van der Waals surface area contributed by atoms with Crippen LogP contribution >= 0.6 is 11.6 Å². The Kier molecular flexibility index (Phi) is 3.43. The third-order valence-electron chi connectivity index (χ3n) is 2.39. The molecule has 0 aliphatic carbocycles. The van der Waals surface area contributed by atoms with Crippen molar-refractivity contribution in [3.63, 3.8) is 0 Å². The number of carbonyl (C=O) groups is 1. The first kappa shape index (κ1) is 12.3. The molecule has 2 aromatic rings. The second-order valence-electron chi connectivity index (χ2n) is 3.67. The van der Waals surface area contributed by atoms with Crippen molar-refractivity contribution in [2.24, 2.45) is 0 Å². The number of hydrogen-bond donors (Lipinski definition) is 2. The summed E-state index contributed by atoms with van der Waals surface area (Å²) in [5, 5.41) is 19.5. The number of aromatic nitrogens is 2. The molecule has 1 aromatic carbocycles. The molecule has 0 atom stereocenters. The summed E-state index contributed by atoms with van der Waals surface area (Å²) in [6.07, 6.45) is 0. The van der Waals surface area contributed by atoms with Gasteiger partial charge in [-0.05, 0) is 24.6 Å². The third kappa shape index (κ3) is 2.57. The molecule has 18 heavy (non-hydrogen) atoms. The Labute approximate surface area is 108 Å². The molecular weight excluding hydrogens is 254 g/mol. The Hall–Kier alpha value is -2.14. The fraction of sp³-hybridized carbons (Fsp3) is 0.0833. The first-order chi connectivity index (χ1) is 8.58. The minimum Gasteiger partial charge on any atom is -0.478 e. The number of carboxylic acids is 1. The van der Waals surface area contributed by atoms with E-state index >= 15 is 0 Å². The van der Waals surface area contributed by atoms with Crippen molar-refractivity contribution in [1.29, 1.82) is 0 Å². The van der Waals surface area contributed by atoms with Crippen molar-refractivity contribution in [2.45, 2.75) is 6.92 Å². The van der Waals surface area contributed by atoms with Gasteiger partial charge in [0.05, 0.1) is 0 Å². The van der Waals surface area contributed by atoms with Crippen molar-refractivity contribution < 1.29 is 9.90 Å². The van der Waals surface area contributed by atoms with Crippen molar-refractivity contribution in [2.75, 3.05) is 5.32 Å². The molecule has 0 saturated heterocycles. The highest BCUT2D eigenvalue weighted by atomic mass is 35.5. The SMILES string of the molecule is Cc1ccccc1Nc1nnc(Cl)cc1C(=O)O. The number of nitrogens with zero attached hydrogens (tertiary/aromatic N) is 2. The molecule has 0 saturated carbocycles. The van der Waals surface area contributed by atoms with E-state index in [0.717, 1.165) is 11.3 Å². The smallest absolute Gasteiger partial charge is 0.339 e. The lowest BCUT2D eigenvalue weighted by atomic mass is 10.2. The van der Waals surface area contributed by atoms with E-state index in [9.17, 15) is 4.79 Å². The molecule has 1 aromatic heterocycles. The zero-order valence-corrected chi connectivity index (χ0v) is 10.3. The molecule has 92 valence electrons. The maximum absolute atomic E-state index is 11.1. The van der Waals surface area contributed by atoms with Gasteiger partial charge < -0.3 is 10.4 Å². The highest BCUT2D eigenvalue weighted by Gasteiger charge is 2.14. The lowest BCUT2D eigenvalue weighted by Gasteiger charge is -2.10. The lowest BCUT2D eigenvalue weighted by molar-refractivity contribution is 0.0697. The molecule has 6 heteroatoms. The fourth-order valence-electron chi connectivity index (χ4n) is 1.46. The van der Waals surface area contributed by atoms with Gasteiger partial charge in [0, 0.05) is 5.69 Å². The minimum absolute atomic E-state index is 0.0155. The number of anilines is 2. The van der Waals surface area contributed by atoms with Gasteiger partial charge in [0.15, 0.2) is 11.0 Å². The summed E-state index contributed by atoms with van der Waals surface area (Å²) >= 11 is 5.63. The predicted octanol–water partition coefficient (Wildman–Crippen LogP) is 2.88. The Morgan fingerprint density at radius 3 is 2.72 bits per heavy atom. The van der Waals surface area contributed by atoms with E-state index in [0.29, 0.717) is 0 Å². The molecule has 0 aliphatic heterocycles. The van der Waals surface area contributed by atoms with Crippen LogP contribution in [0.15, 0.2) is 30.3 Å². The average Bonchev–Trinajstić information content (AvgIpc) is 2.34. The summed E-state index contributed by atoms with van der Waals surface area (Å²) < 4.78 is 0. The van der Waals surface area contributed by atoms with E-state index in [2.05, 4.69) is 15.5 Å². The van der Waals surface area contributed by atoms with Crippen LogP contribution in [-0.4, -0.2) is 21.3 Å². The number of hydrogen-bond acceptors (Lipinski definition) is 4. The number of para-hydroxylation sites is 1. The number of nitrogens with one attached hydrogen (secondary N) is 1. The number of halogens is 1. The van der Waals surface area contributed by atoms with E-state index < -0.39 is 5.97 Å². The van der Waals surface area contributed by atoms with Crippen LogP contribution in [0.1, 0.15) is 15.9 Å². The average molecular weight is 264 g/mol. The number of aryl methyl sites for hydroxylation is 1. The quantitative estimate of drug-likeness (QED) is 0.891. The van der Waals surface area contributed by atoms with Gasteiger partial charge in [-0.3, -0.25) is 0 Å². The van der Waals surface area contributed by atoms with Crippen molar-refractivity contribution in [3.8, 4) is 0 Å². The van der Waals surface area contributed by atoms with E-state index in [-0.39, 0.29) is 16.5 Å². The monoisotopic (exact) mass is 263 g/mol. The molecule has 0 aliphatic rings. The highest BCUT2D eigenvalue weighted by Crippen LogP contribution is 2.22. The van der Waals surface area contributed by atoms with E-state index in [4.69, 9.17) is 16.7 Å². The Morgan fingerprint density at radius 2 is 2.06 bits per heavy atom. The van der Waals surface area contributed by atoms with E-state index in [1.54, 1.807) is 0 Å². The molecule has 5 nitrogen and oxygen atoms in total. The van der Waals surface area contributed by atoms with Gasteiger partial charge >= 0.3 is 5.97 Å². The molecule has 0 spiro atoms. The van der Waals surface area contributed by atoms with Gasteiger partial charge in [-0.1, -0.05) is 29.8 Å². The number of aromatic carboxylic acids is 1. The summed E-state index contributed by atoms with van der Waals surface area (Å²) in [5.74, 6) is -0.941. The van der Waals surface area contributed by atoms with E-state index in [1.807, 2.05) is 31.2 Å². The number of carboxylic acid groups (broad SMARTS) is 1. The molecule has 2 rings (SSSR count). The molecule has 0 amide bonds. The lowest BCUT2D eigenvalue weighted by Crippen LogP contribution is -2.07. The molecule has 0 bridgehead atoms. The molecule has 0 radical (unpaired) electrons. The molecule has 0 unspecified atom stereocenters. The van der Waals surface area contributed by atoms with Gasteiger partial charge in [-0.15, -0.1) is 10.2 Å². The van der Waals surface area contributed by atoms with Crippen LogP contribution in [-0.2, 0) is 0 Å². The summed E-state index contributed by atoms with van der Waals surface area (Å²) in [4.78, 5) is 11.1. The van der Waals surface area contributed by atoms with Crippen molar-refractivity contribution >= 4 is 29.1 Å². The third-order valence-corrected chi connectivity index (χ3v) is 2.58. The van der Waals surface area contributed by atoms with Crippen LogP contribution in [0.5, 0.6) is 0 Å². The van der Waals surface area contributed by atoms with Gasteiger partial charge in [0.25, 0.3) is 0 Å². The molecule has 0 fully saturated rings. The summed E-state index contributed by atoms with van der Waals surface area (Å²) in [7, 11) is 0.